The summed E-state index contributed by atoms with van der Waals surface area (Å²) >= 11 is 0. The van der Waals surface area contributed by atoms with Crippen LogP contribution in [0.15, 0.2) is 42.5 Å². The molecule has 0 unspecified atom stereocenters. The van der Waals surface area contributed by atoms with Gasteiger partial charge in [0.15, 0.2) is 11.6 Å². The maximum Gasteiger partial charge on any atom is 0.326 e. The molecule has 1 aliphatic heterocycles. The fourth-order valence-corrected chi connectivity index (χ4v) is 3.10. The number of carbonyl (C=O) groups excluding carboxylic acids is 1. The highest BCUT2D eigenvalue weighted by atomic mass is 19.1. The summed E-state index contributed by atoms with van der Waals surface area (Å²) in [5.41, 5.74) is 2.36. The predicted molar refractivity (Wildman–Crippen MR) is 88.8 cm³/mol. The molecular formula is C19H18FNO4. The van der Waals surface area contributed by atoms with Gasteiger partial charge < -0.3 is 14.7 Å². The molecule has 1 aliphatic rings. The highest BCUT2D eigenvalue weighted by Crippen LogP contribution is 2.25. The number of carboxylic acid groups (broad SMARTS) is 1. The van der Waals surface area contributed by atoms with Crippen LogP contribution in [0, 0.1) is 5.82 Å². The second-order valence-electron chi connectivity index (χ2n) is 5.99. The molecule has 1 amide bonds. The van der Waals surface area contributed by atoms with Crippen molar-refractivity contribution in [2.45, 2.75) is 25.4 Å². The van der Waals surface area contributed by atoms with E-state index in [1.165, 1.54) is 24.1 Å². The molecule has 5 nitrogen and oxygen atoms in total. The normalized spacial score (nSPS) is 16.2. The second kappa shape index (κ2) is 6.93. The summed E-state index contributed by atoms with van der Waals surface area (Å²) < 4.78 is 18.7. The van der Waals surface area contributed by atoms with Crippen LogP contribution in [0.5, 0.6) is 5.75 Å². The Balaban J connectivity index is 1.82. The molecule has 25 heavy (non-hydrogen) atoms. The maximum absolute atomic E-state index is 13.8. The number of methoxy groups -OCH3 is 1. The Bertz CT molecular complexity index is 821. The van der Waals surface area contributed by atoms with Crippen molar-refractivity contribution in [1.29, 1.82) is 0 Å². The molecule has 3 rings (SSSR count). The summed E-state index contributed by atoms with van der Waals surface area (Å²) in [7, 11) is 1.37. The number of aliphatic carboxylic acids is 1. The summed E-state index contributed by atoms with van der Waals surface area (Å²) in [4.78, 5) is 25.6. The standard InChI is InChI=1S/C19H18FNO4/c1-25-17-7-6-12(8-15(17)20)9-18(22)21-11-14-5-3-2-4-13(14)10-16(21)19(23)24/h2-8,16H,9-11H2,1H3,(H,23,24)/t16-/m1/s1. The minimum Gasteiger partial charge on any atom is -0.494 e. The molecule has 0 bridgehead atoms. The van der Waals surface area contributed by atoms with Gasteiger partial charge >= 0.3 is 5.97 Å². The number of rotatable bonds is 4. The average Bonchev–Trinajstić information content (AvgIpc) is 2.60. The fourth-order valence-electron chi connectivity index (χ4n) is 3.10. The zero-order valence-electron chi connectivity index (χ0n) is 13.7. The van der Waals surface area contributed by atoms with Gasteiger partial charge in [-0.2, -0.15) is 0 Å². The monoisotopic (exact) mass is 343 g/mol. The molecule has 0 saturated heterocycles. The summed E-state index contributed by atoms with van der Waals surface area (Å²) in [6, 6.07) is 10.9. The van der Waals surface area contributed by atoms with E-state index in [1.807, 2.05) is 24.3 Å². The number of benzene rings is 2. The highest BCUT2D eigenvalue weighted by molar-refractivity contribution is 5.85. The Morgan fingerprint density at radius 2 is 1.96 bits per heavy atom. The van der Waals surface area contributed by atoms with Crippen molar-refractivity contribution in [3.63, 3.8) is 0 Å². The van der Waals surface area contributed by atoms with Gasteiger partial charge in [0.1, 0.15) is 6.04 Å². The average molecular weight is 343 g/mol. The van der Waals surface area contributed by atoms with Gasteiger partial charge in [-0.25, -0.2) is 9.18 Å². The number of carboxylic acids is 1. The highest BCUT2D eigenvalue weighted by Gasteiger charge is 2.34. The van der Waals surface area contributed by atoms with Gasteiger partial charge in [-0.15, -0.1) is 0 Å². The Labute approximate surface area is 144 Å². The molecule has 1 atom stereocenters. The van der Waals surface area contributed by atoms with Crippen LogP contribution >= 0.6 is 0 Å². The van der Waals surface area contributed by atoms with Gasteiger partial charge in [0.05, 0.1) is 13.5 Å². The van der Waals surface area contributed by atoms with E-state index in [1.54, 1.807) is 6.07 Å². The molecule has 0 spiro atoms. The zero-order chi connectivity index (χ0) is 18.0. The Morgan fingerprint density at radius 1 is 1.24 bits per heavy atom. The van der Waals surface area contributed by atoms with Crippen LogP contribution in [-0.2, 0) is 29.0 Å². The van der Waals surface area contributed by atoms with Crippen LogP contribution in [0.1, 0.15) is 16.7 Å². The van der Waals surface area contributed by atoms with Crippen molar-refractivity contribution in [2.24, 2.45) is 0 Å². The molecule has 130 valence electrons. The number of hydrogen-bond donors (Lipinski definition) is 1. The third-order valence-electron chi connectivity index (χ3n) is 4.43. The predicted octanol–water partition coefficient (Wildman–Crippen LogP) is 2.41. The van der Waals surface area contributed by atoms with Gasteiger partial charge in [0.25, 0.3) is 0 Å². The molecule has 2 aromatic rings. The van der Waals surface area contributed by atoms with E-state index >= 15 is 0 Å². The quantitative estimate of drug-likeness (QED) is 0.926. The SMILES string of the molecule is COc1ccc(CC(=O)N2Cc3ccccc3C[C@@H]2C(=O)O)cc1F. The number of carbonyl (C=O) groups is 2. The van der Waals surface area contributed by atoms with Crippen molar-refractivity contribution in [1.82, 2.24) is 4.90 Å². The third kappa shape index (κ3) is 3.47. The molecule has 1 N–H and O–H groups in total. The van der Waals surface area contributed by atoms with Crippen molar-refractivity contribution >= 4 is 11.9 Å². The minimum absolute atomic E-state index is 0.0626. The Hall–Kier alpha value is -2.89. The first-order valence-electron chi connectivity index (χ1n) is 7.91. The number of fused-ring (bicyclic) bond motifs is 1. The number of halogens is 1. The smallest absolute Gasteiger partial charge is 0.326 e. The Morgan fingerprint density at radius 3 is 2.60 bits per heavy atom. The van der Waals surface area contributed by atoms with Crippen molar-refractivity contribution in [3.05, 3.63) is 65.0 Å². The van der Waals surface area contributed by atoms with Gasteiger partial charge in [-0.1, -0.05) is 30.3 Å². The van der Waals surface area contributed by atoms with Crippen LogP contribution < -0.4 is 4.74 Å². The zero-order valence-corrected chi connectivity index (χ0v) is 13.7. The lowest BCUT2D eigenvalue weighted by Gasteiger charge is -2.34. The summed E-state index contributed by atoms with van der Waals surface area (Å²) in [6.07, 6.45) is 0.209. The first-order valence-corrected chi connectivity index (χ1v) is 7.91. The molecule has 0 radical (unpaired) electrons. The van der Waals surface area contributed by atoms with Crippen LogP contribution in [-0.4, -0.2) is 35.0 Å². The Kier molecular flexibility index (Phi) is 4.70. The first kappa shape index (κ1) is 17.0. The number of ether oxygens (including phenoxy) is 1. The molecule has 0 saturated carbocycles. The van der Waals surface area contributed by atoms with Gasteiger partial charge in [0, 0.05) is 13.0 Å². The topological polar surface area (TPSA) is 66.8 Å². The largest absolute Gasteiger partial charge is 0.494 e. The molecule has 0 fully saturated rings. The van der Waals surface area contributed by atoms with Gasteiger partial charge in [0.2, 0.25) is 5.91 Å². The molecule has 0 aromatic heterocycles. The van der Waals surface area contributed by atoms with Crippen molar-refractivity contribution in [2.75, 3.05) is 7.11 Å². The van der Waals surface area contributed by atoms with E-state index in [0.29, 0.717) is 5.56 Å². The number of amides is 1. The van der Waals surface area contributed by atoms with Crippen LogP contribution in [0.25, 0.3) is 0 Å². The van der Waals surface area contributed by atoms with Gasteiger partial charge in [-0.3, -0.25) is 4.79 Å². The number of hydrogen-bond acceptors (Lipinski definition) is 3. The lowest BCUT2D eigenvalue weighted by atomic mass is 9.93. The maximum atomic E-state index is 13.8. The molecule has 2 aromatic carbocycles. The minimum atomic E-state index is -1.04. The summed E-state index contributed by atoms with van der Waals surface area (Å²) in [6.45, 7) is 0.241. The molecule has 0 aliphatic carbocycles. The van der Waals surface area contributed by atoms with Crippen molar-refractivity contribution < 1.29 is 23.8 Å². The van der Waals surface area contributed by atoms with Crippen molar-refractivity contribution in [3.8, 4) is 5.75 Å². The van der Waals surface area contributed by atoms with E-state index in [-0.39, 0.29) is 31.0 Å². The van der Waals surface area contributed by atoms with E-state index in [9.17, 15) is 19.1 Å². The summed E-state index contributed by atoms with van der Waals surface area (Å²) in [5, 5.41) is 9.49. The molecule has 1 heterocycles. The third-order valence-corrected chi connectivity index (χ3v) is 4.43. The van der Waals surface area contributed by atoms with Gasteiger partial charge in [-0.05, 0) is 28.8 Å². The lowest BCUT2D eigenvalue weighted by molar-refractivity contribution is -0.151. The lowest BCUT2D eigenvalue weighted by Crippen LogP contribution is -2.49. The van der Waals surface area contributed by atoms with Crippen LogP contribution in [0.3, 0.4) is 0 Å². The fraction of sp³-hybridized carbons (Fsp3) is 0.263. The van der Waals surface area contributed by atoms with E-state index in [4.69, 9.17) is 4.74 Å². The first-order chi connectivity index (χ1) is 12.0. The number of nitrogens with zero attached hydrogens (tertiary/aromatic N) is 1. The molecular weight excluding hydrogens is 325 g/mol. The van der Waals surface area contributed by atoms with E-state index in [0.717, 1.165) is 11.1 Å². The van der Waals surface area contributed by atoms with E-state index in [2.05, 4.69) is 0 Å². The second-order valence-corrected chi connectivity index (χ2v) is 5.99. The van der Waals surface area contributed by atoms with Crippen LogP contribution in [0.2, 0.25) is 0 Å². The summed E-state index contributed by atoms with van der Waals surface area (Å²) in [5.74, 6) is -1.83. The van der Waals surface area contributed by atoms with Crippen LogP contribution in [0.4, 0.5) is 4.39 Å². The van der Waals surface area contributed by atoms with E-state index < -0.39 is 17.8 Å². The molecule has 6 heteroatoms.